The van der Waals surface area contributed by atoms with Gasteiger partial charge in [0.2, 0.25) is 15.9 Å². The molecule has 0 rings (SSSR count). The summed E-state index contributed by atoms with van der Waals surface area (Å²) in [5.41, 5.74) is 0. The number of amides is 1. The molecule has 0 aliphatic heterocycles. The van der Waals surface area contributed by atoms with E-state index in [1.165, 1.54) is 51.4 Å². The summed E-state index contributed by atoms with van der Waals surface area (Å²) in [6, 6.07) is 0. The lowest BCUT2D eigenvalue weighted by molar-refractivity contribution is -0.137. The standard InChI is InChI=1S/C21H41NO5S/c1-2-19-28(26,27)22-20(23)17-15-13-11-9-7-5-3-4-6-8-10-12-14-16-18-21(24)25/h2-19H2,1H3,(H,22,23)(H,24,25). The van der Waals surface area contributed by atoms with Crippen LogP contribution in [0.1, 0.15) is 116 Å². The number of sulfonamides is 1. The van der Waals surface area contributed by atoms with Gasteiger partial charge in [-0.25, -0.2) is 8.42 Å². The first-order chi connectivity index (χ1) is 13.4. The average Bonchev–Trinajstić information content (AvgIpc) is 2.60. The van der Waals surface area contributed by atoms with Crippen molar-refractivity contribution in [1.82, 2.24) is 4.72 Å². The van der Waals surface area contributed by atoms with Crippen LogP contribution in [0.2, 0.25) is 0 Å². The molecule has 0 saturated heterocycles. The molecule has 2 N–H and O–H groups in total. The predicted octanol–water partition coefficient (Wildman–Crippen LogP) is 5.17. The maximum absolute atomic E-state index is 11.6. The Morgan fingerprint density at radius 2 is 1.04 bits per heavy atom. The SMILES string of the molecule is CCCS(=O)(=O)NC(=O)CCCCCCCCCCCCCCCCC(=O)O. The second-order valence-corrected chi connectivity index (χ2v) is 9.53. The van der Waals surface area contributed by atoms with E-state index in [1.54, 1.807) is 6.92 Å². The van der Waals surface area contributed by atoms with Crippen molar-refractivity contribution >= 4 is 21.9 Å². The van der Waals surface area contributed by atoms with Crippen LogP contribution >= 0.6 is 0 Å². The Kier molecular flexibility index (Phi) is 17.2. The monoisotopic (exact) mass is 419 g/mol. The summed E-state index contributed by atoms with van der Waals surface area (Å²) in [5, 5.41) is 8.56. The summed E-state index contributed by atoms with van der Waals surface area (Å²) in [5.74, 6) is -1.07. The van der Waals surface area contributed by atoms with Crippen molar-refractivity contribution in [3.05, 3.63) is 0 Å². The minimum Gasteiger partial charge on any atom is -0.481 e. The van der Waals surface area contributed by atoms with Gasteiger partial charge in [0.05, 0.1) is 5.75 Å². The Hall–Kier alpha value is -1.11. The lowest BCUT2D eigenvalue weighted by atomic mass is 10.0. The number of unbranched alkanes of at least 4 members (excludes halogenated alkanes) is 13. The van der Waals surface area contributed by atoms with E-state index < -0.39 is 16.0 Å². The molecular formula is C21H41NO5S. The maximum Gasteiger partial charge on any atom is 0.303 e. The molecule has 0 spiro atoms. The van der Waals surface area contributed by atoms with E-state index in [4.69, 9.17) is 5.11 Å². The second kappa shape index (κ2) is 18.0. The Bertz CT molecular complexity index is 505. The summed E-state index contributed by atoms with van der Waals surface area (Å²) in [6.45, 7) is 1.78. The van der Waals surface area contributed by atoms with Crippen molar-refractivity contribution in [3.63, 3.8) is 0 Å². The molecule has 0 fully saturated rings. The van der Waals surface area contributed by atoms with E-state index in [-0.39, 0.29) is 11.7 Å². The Morgan fingerprint density at radius 1 is 0.679 bits per heavy atom. The van der Waals surface area contributed by atoms with Gasteiger partial charge in [-0.15, -0.1) is 0 Å². The van der Waals surface area contributed by atoms with Gasteiger partial charge in [-0.3, -0.25) is 14.3 Å². The van der Waals surface area contributed by atoms with Gasteiger partial charge in [-0.2, -0.15) is 0 Å². The van der Waals surface area contributed by atoms with Gasteiger partial charge in [0.25, 0.3) is 0 Å². The van der Waals surface area contributed by atoms with Crippen LogP contribution in [0.3, 0.4) is 0 Å². The molecule has 0 atom stereocenters. The third-order valence-corrected chi connectivity index (χ3v) is 6.27. The number of nitrogens with one attached hydrogen (secondary N) is 1. The molecule has 0 saturated carbocycles. The van der Waals surface area contributed by atoms with Crippen LogP contribution in [0, 0.1) is 0 Å². The number of carbonyl (C=O) groups excluding carboxylic acids is 1. The van der Waals surface area contributed by atoms with Crippen molar-refractivity contribution in [2.45, 2.75) is 116 Å². The van der Waals surface area contributed by atoms with Gasteiger partial charge in [0.1, 0.15) is 0 Å². The lowest BCUT2D eigenvalue weighted by Crippen LogP contribution is -2.32. The summed E-state index contributed by atoms with van der Waals surface area (Å²) in [7, 11) is -3.43. The zero-order valence-corrected chi connectivity index (χ0v) is 18.5. The summed E-state index contributed by atoms with van der Waals surface area (Å²) >= 11 is 0. The molecule has 28 heavy (non-hydrogen) atoms. The molecule has 0 aliphatic carbocycles. The highest BCUT2D eigenvalue weighted by Crippen LogP contribution is 2.13. The van der Waals surface area contributed by atoms with Gasteiger partial charge in [-0.05, 0) is 19.3 Å². The highest BCUT2D eigenvalue weighted by molar-refractivity contribution is 7.90. The van der Waals surface area contributed by atoms with Crippen LogP contribution in [0.4, 0.5) is 0 Å². The average molecular weight is 420 g/mol. The number of hydrogen-bond acceptors (Lipinski definition) is 4. The van der Waals surface area contributed by atoms with Gasteiger partial charge in [0, 0.05) is 12.8 Å². The number of aliphatic carboxylic acids is 1. The predicted molar refractivity (Wildman–Crippen MR) is 114 cm³/mol. The molecule has 166 valence electrons. The normalized spacial score (nSPS) is 11.5. The fourth-order valence-electron chi connectivity index (χ4n) is 3.23. The molecule has 0 aliphatic rings. The number of carboxylic acid groups (broad SMARTS) is 1. The van der Waals surface area contributed by atoms with E-state index in [0.29, 0.717) is 19.3 Å². The molecule has 0 heterocycles. The first-order valence-corrected chi connectivity index (χ1v) is 12.8. The summed E-state index contributed by atoms with van der Waals surface area (Å²) in [6.07, 6.45) is 16.9. The van der Waals surface area contributed by atoms with Crippen molar-refractivity contribution in [2.75, 3.05) is 5.75 Å². The van der Waals surface area contributed by atoms with E-state index in [2.05, 4.69) is 4.72 Å². The zero-order valence-electron chi connectivity index (χ0n) is 17.7. The van der Waals surface area contributed by atoms with Gasteiger partial charge in [0.15, 0.2) is 0 Å². The Balaban J connectivity index is 3.27. The minimum absolute atomic E-state index is 0.00549. The van der Waals surface area contributed by atoms with Crippen LogP contribution in [0.5, 0.6) is 0 Å². The second-order valence-electron chi connectivity index (χ2n) is 7.69. The molecule has 0 aromatic rings. The van der Waals surface area contributed by atoms with E-state index in [0.717, 1.165) is 38.5 Å². The van der Waals surface area contributed by atoms with E-state index >= 15 is 0 Å². The van der Waals surface area contributed by atoms with E-state index in [1.807, 2.05) is 0 Å². The van der Waals surface area contributed by atoms with Crippen molar-refractivity contribution in [2.24, 2.45) is 0 Å². The highest BCUT2D eigenvalue weighted by Gasteiger charge is 2.12. The maximum atomic E-state index is 11.6. The third kappa shape index (κ3) is 19.6. The van der Waals surface area contributed by atoms with Gasteiger partial charge >= 0.3 is 5.97 Å². The highest BCUT2D eigenvalue weighted by atomic mass is 32.2. The van der Waals surface area contributed by atoms with Crippen LogP contribution in [-0.2, 0) is 19.6 Å². The summed E-state index contributed by atoms with van der Waals surface area (Å²) in [4.78, 5) is 22.0. The molecule has 0 bridgehead atoms. The molecule has 0 aromatic carbocycles. The number of carboxylic acids is 1. The largest absolute Gasteiger partial charge is 0.481 e. The molecule has 1 amide bonds. The Labute approximate surface area is 171 Å². The fourth-order valence-corrected chi connectivity index (χ4v) is 4.32. The Morgan fingerprint density at radius 3 is 1.39 bits per heavy atom. The molecule has 6 nitrogen and oxygen atoms in total. The molecular weight excluding hydrogens is 378 g/mol. The molecule has 0 radical (unpaired) electrons. The van der Waals surface area contributed by atoms with Gasteiger partial charge in [-0.1, -0.05) is 84.0 Å². The number of rotatable bonds is 20. The minimum atomic E-state index is -3.43. The topological polar surface area (TPSA) is 101 Å². The van der Waals surface area contributed by atoms with E-state index in [9.17, 15) is 18.0 Å². The van der Waals surface area contributed by atoms with Gasteiger partial charge < -0.3 is 5.11 Å². The van der Waals surface area contributed by atoms with Crippen LogP contribution in [-0.4, -0.2) is 31.2 Å². The number of carbonyl (C=O) groups is 2. The number of hydrogen-bond donors (Lipinski definition) is 2. The van der Waals surface area contributed by atoms with Crippen molar-refractivity contribution in [1.29, 1.82) is 0 Å². The first-order valence-electron chi connectivity index (χ1n) is 11.1. The molecule has 0 unspecified atom stereocenters. The van der Waals surface area contributed by atoms with Crippen molar-refractivity contribution < 1.29 is 23.1 Å². The third-order valence-electron chi connectivity index (χ3n) is 4.79. The van der Waals surface area contributed by atoms with Crippen molar-refractivity contribution in [3.8, 4) is 0 Å². The smallest absolute Gasteiger partial charge is 0.303 e. The van der Waals surface area contributed by atoms with Crippen LogP contribution < -0.4 is 4.72 Å². The fraction of sp³-hybridized carbons (Fsp3) is 0.905. The lowest BCUT2D eigenvalue weighted by Gasteiger charge is -2.06. The summed E-state index contributed by atoms with van der Waals surface area (Å²) < 4.78 is 25.1. The first kappa shape index (κ1) is 26.9. The molecule has 0 aromatic heterocycles. The zero-order chi connectivity index (χ0) is 21.1. The quantitative estimate of drug-likeness (QED) is 0.265. The van der Waals surface area contributed by atoms with Crippen LogP contribution in [0.25, 0.3) is 0 Å². The molecule has 7 heteroatoms. The van der Waals surface area contributed by atoms with Crippen LogP contribution in [0.15, 0.2) is 0 Å².